The van der Waals surface area contributed by atoms with E-state index in [1.807, 2.05) is 24.1 Å². The average molecular weight is 427 g/mol. The van der Waals surface area contributed by atoms with E-state index in [0.717, 1.165) is 40.8 Å². The van der Waals surface area contributed by atoms with Crippen LogP contribution in [0.2, 0.25) is 0 Å². The van der Waals surface area contributed by atoms with Gasteiger partial charge in [-0.15, -0.1) is 0 Å². The molecule has 1 fully saturated rings. The highest BCUT2D eigenvalue weighted by molar-refractivity contribution is 7.98. The Labute approximate surface area is 180 Å². The SMILES string of the molecule is CCOc1ccc(C(=O)NCCn2ncc3c(N4CCCC4)nc(SC)nc32)cc1. The Morgan fingerprint density at radius 3 is 2.67 bits per heavy atom. The number of nitrogens with zero attached hydrogens (tertiary/aromatic N) is 5. The minimum absolute atomic E-state index is 0.119. The van der Waals surface area contributed by atoms with Gasteiger partial charge in [0.1, 0.15) is 11.6 Å². The van der Waals surface area contributed by atoms with Crippen molar-refractivity contribution in [3.63, 3.8) is 0 Å². The Bertz CT molecular complexity index is 1010. The Morgan fingerprint density at radius 2 is 1.97 bits per heavy atom. The lowest BCUT2D eigenvalue weighted by molar-refractivity contribution is 0.0952. The van der Waals surface area contributed by atoms with Crippen molar-refractivity contribution in [2.45, 2.75) is 31.5 Å². The van der Waals surface area contributed by atoms with Crippen LogP contribution in [0.4, 0.5) is 5.82 Å². The Balaban J connectivity index is 1.45. The predicted octanol–water partition coefficient (Wildman–Crippen LogP) is 2.98. The van der Waals surface area contributed by atoms with Crippen molar-refractivity contribution in [1.29, 1.82) is 0 Å². The fourth-order valence-corrected chi connectivity index (χ4v) is 3.95. The number of ether oxygens (including phenoxy) is 1. The van der Waals surface area contributed by atoms with Crippen LogP contribution in [0.25, 0.3) is 11.0 Å². The van der Waals surface area contributed by atoms with Crippen molar-refractivity contribution in [3.8, 4) is 5.75 Å². The summed E-state index contributed by atoms with van der Waals surface area (Å²) in [6, 6.07) is 7.15. The van der Waals surface area contributed by atoms with Crippen LogP contribution in [-0.4, -0.2) is 58.2 Å². The zero-order valence-corrected chi connectivity index (χ0v) is 18.1. The highest BCUT2D eigenvalue weighted by atomic mass is 32.2. The van der Waals surface area contributed by atoms with Crippen LogP contribution in [0, 0.1) is 0 Å². The molecule has 0 spiro atoms. The number of carbonyl (C=O) groups excluding carboxylic acids is 1. The van der Waals surface area contributed by atoms with Gasteiger partial charge in [-0.2, -0.15) is 5.10 Å². The number of hydrogen-bond donors (Lipinski definition) is 1. The predicted molar refractivity (Wildman–Crippen MR) is 118 cm³/mol. The first-order chi connectivity index (χ1) is 14.7. The molecule has 1 saturated heterocycles. The lowest BCUT2D eigenvalue weighted by Crippen LogP contribution is -2.27. The highest BCUT2D eigenvalue weighted by Crippen LogP contribution is 2.28. The van der Waals surface area contributed by atoms with Gasteiger partial charge in [0, 0.05) is 25.2 Å². The molecule has 1 amide bonds. The third-order valence-electron chi connectivity index (χ3n) is 5.08. The lowest BCUT2D eigenvalue weighted by Gasteiger charge is -2.17. The third kappa shape index (κ3) is 4.35. The first-order valence-corrected chi connectivity index (χ1v) is 11.5. The van der Waals surface area contributed by atoms with Crippen molar-refractivity contribution in [2.75, 3.05) is 37.4 Å². The monoisotopic (exact) mass is 426 g/mol. The molecule has 0 atom stereocenters. The number of aromatic nitrogens is 4. The highest BCUT2D eigenvalue weighted by Gasteiger charge is 2.20. The first kappa shape index (κ1) is 20.5. The summed E-state index contributed by atoms with van der Waals surface area (Å²) >= 11 is 1.53. The molecular formula is C21H26N6O2S. The first-order valence-electron chi connectivity index (χ1n) is 10.2. The molecule has 2 aromatic heterocycles. The number of thioether (sulfide) groups is 1. The van der Waals surface area contributed by atoms with Gasteiger partial charge in [-0.3, -0.25) is 4.79 Å². The summed E-state index contributed by atoms with van der Waals surface area (Å²) in [6.07, 6.45) is 6.19. The van der Waals surface area contributed by atoms with Crippen LogP contribution in [0.1, 0.15) is 30.1 Å². The molecule has 1 N–H and O–H groups in total. The number of amides is 1. The van der Waals surface area contributed by atoms with Gasteiger partial charge in [0.25, 0.3) is 5.91 Å². The molecule has 3 aromatic rings. The lowest BCUT2D eigenvalue weighted by atomic mass is 10.2. The second-order valence-electron chi connectivity index (χ2n) is 7.05. The van der Waals surface area contributed by atoms with Gasteiger partial charge in [-0.05, 0) is 50.3 Å². The molecule has 1 aliphatic rings. The van der Waals surface area contributed by atoms with Gasteiger partial charge in [0.2, 0.25) is 0 Å². The minimum Gasteiger partial charge on any atom is -0.494 e. The molecule has 3 heterocycles. The standard InChI is InChI=1S/C21H26N6O2S/c1-3-29-16-8-6-15(7-9-16)20(28)22-10-13-27-19-17(14-23-27)18(24-21(25-19)30-2)26-11-4-5-12-26/h6-9,14H,3-5,10-13H2,1-2H3,(H,22,28). The number of hydrogen-bond acceptors (Lipinski definition) is 7. The van der Waals surface area contributed by atoms with Crippen molar-refractivity contribution in [3.05, 3.63) is 36.0 Å². The number of rotatable bonds is 8. The normalized spacial score (nSPS) is 13.7. The van der Waals surface area contributed by atoms with Gasteiger partial charge in [0.05, 0.1) is 24.7 Å². The van der Waals surface area contributed by atoms with Crippen LogP contribution < -0.4 is 15.0 Å². The smallest absolute Gasteiger partial charge is 0.251 e. The largest absolute Gasteiger partial charge is 0.494 e. The second kappa shape index (κ2) is 9.34. The molecular weight excluding hydrogens is 400 g/mol. The van der Waals surface area contributed by atoms with Crippen molar-refractivity contribution >= 4 is 34.5 Å². The van der Waals surface area contributed by atoms with Crippen molar-refractivity contribution < 1.29 is 9.53 Å². The minimum atomic E-state index is -0.119. The molecule has 1 aliphatic heterocycles. The maximum Gasteiger partial charge on any atom is 0.251 e. The number of anilines is 1. The number of nitrogens with one attached hydrogen (secondary N) is 1. The number of carbonyl (C=O) groups is 1. The van der Waals surface area contributed by atoms with E-state index in [0.29, 0.717) is 25.3 Å². The summed E-state index contributed by atoms with van der Waals surface area (Å²) in [5, 5.41) is 9.17. The molecule has 158 valence electrons. The van der Waals surface area contributed by atoms with Crippen molar-refractivity contribution in [2.24, 2.45) is 0 Å². The van der Waals surface area contributed by atoms with Gasteiger partial charge >= 0.3 is 0 Å². The molecule has 0 radical (unpaired) electrons. The van der Waals surface area contributed by atoms with Gasteiger partial charge in [0.15, 0.2) is 10.8 Å². The van der Waals surface area contributed by atoms with Crippen LogP contribution in [-0.2, 0) is 6.54 Å². The third-order valence-corrected chi connectivity index (χ3v) is 5.63. The molecule has 0 unspecified atom stereocenters. The fraction of sp³-hybridized carbons (Fsp3) is 0.429. The van der Waals surface area contributed by atoms with E-state index in [9.17, 15) is 4.79 Å². The van der Waals surface area contributed by atoms with Gasteiger partial charge < -0.3 is 15.0 Å². The zero-order chi connectivity index (χ0) is 20.9. The van der Waals surface area contributed by atoms with E-state index in [4.69, 9.17) is 9.72 Å². The quantitative estimate of drug-likeness (QED) is 0.438. The maximum absolute atomic E-state index is 12.4. The van der Waals surface area contributed by atoms with E-state index in [1.54, 1.807) is 24.3 Å². The molecule has 30 heavy (non-hydrogen) atoms. The Morgan fingerprint density at radius 1 is 1.20 bits per heavy atom. The number of benzene rings is 1. The summed E-state index contributed by atoms with van der Waals surface area (Å²) in [5.41, 5.74) is 1.42. The second-order valence-corrected chi connectivity index (χ2v) is 7.82. The molecule has 8 nitrogen and oxygen atoms in total. The molecule has 4 rings (SSSR count). The van der Waals surface area contributed by atoms with Crippen LogP contribution in [0.5, 0.6) is 5.75 Å². The maximum atomic E-state index is 12.4. The van der Waals surface area contributed by atoms with E-state index in [-0.39, 0.29) is 5.91 Å². The number of fused-ring (bicyclic) bond motifs is 1. The van der Waals surface area contributed by atoms with E-state index >= 15 is 0 Å². The molecule has 1 aromatic carbocycles. The van der Waals surface area contributed by atoms with E-state index in [2.05, 4.69) is 20.3 Å². The molecule has 0 bridgehead atoms. The zero-order valence-electron chi connectivity index (χ0n) is 17.3. The van der Waals surface area contributed by atoms with Crippen molar-refractivity contribution in [1.82, 2.24) is 25.1 Å². The summed E-state index contributed by atoms with van der Waals surface area (Å²) in [6.45, 7) is 5.56. The summed E-state index contributed by atoms with van der Waals surface area (Å²) in [7, 11) is 0. The Hall–Kier alpha value is -2.81. The van der Waals surface area contributed by atoms with Crippen LogP contribution >= 0.6 is 11.8 Å². The van der Waals surface area contributed by atoms with Crippen LogP contribution in [0.3, 0.4) is 0 Å². The average Bonchev–Trinajstić information content (AvgIpc) is 3.44. The topological polar surface area (TPSA) is 85.2 Å². The van der Waals surface area contributed by atoms with Crippen LogP contribution in [0.15, 0.2) is 35.6 Å². The summed E-state index contributed by atoms with van der Waals surface area (Å²) in [4.78, 5) is 24.1. The molecule has 9 heteroatoms. The summed E-state index contributed by atoms with van der Waals surface area (Å²) in [5.74, 6) is 1.60. The summed E-state index contributed by atoms with van der Waals surface area (Å²) < 4.78 is 7.26. The van der Waals surface area contributed by atoms with Gasteiger partial charge in [-0.1, -0.05) is 11.8 Å². The Kier molecular flexibility index (Phi) is 6.37. The molecule has 0 saturated carbocycles. The molecule has 0 aliphatic carbocycles. The van der Waals surface area contributed by atoms with E-state index < -0.39 is 0 Å². The van der Waals surface area contributed by atoms with Gasteiger partial charge in [-0.25, -0.2) is 14.6 Å². The van der Waals surface area contributed by atoms with E-state index in [1.165, 1.54) is 24.6 Å². The fourth-order valence-electron chi connectivity index (χ4n) is 3.59.